The number of aliphatic hydroxyl groups is 1. The van der Waals surface area contributed by atoms with Crippen LogP contribution < -0.4 is 0 Å². The van der Waals surface area contributed by atoms with Gasteiger partial charge in [-0.25, -0.2) is 13.2 Å². The van der Waals surface area contributed by atoms with E-state index in [1.807, 2.05) is 0 Å². The fourth-order valence-corrected chi connectivity index (χ4v) is 2.64. The van der Waals surface area contributed by atoms with Crippen molar-refractivity contribution in [2.75, 3.05) is 0 Å². The summed E-state index contributed by atoms with van der Waals surface area (Å²) in [7, 11) is 0. The average molecular weight is 309 g/mol. The van der Waals surface area contributed by atoms with E-state index in [-0.39, 0.29) is 29.3 Å². The summed E-state index contributed by atoms with van der Waals surface area (Å²) in [4.78, 5) is 0. The maximum atomic E-state index is 13.7. The minimum absolute atomic E-state index is 0.0853. The number of rotatable bonds is 2. The highest BCUT2D eigenvalue weighted by Gasteiger charge is 2.43. The molecule has 1 aliphatic carbocycles. The van der Waals surface area contributed by atoms with Gasteiger partial charge in [-0.15, -0.1) is 0 Å². The smallest absolute Gasteiger partial charge is 0.248 e. The Morgan fingerprint density at radius 3 is 2.71 bits per heavy atom. The quantitative estimate of drug-likeness (QED) is 0.873. The molecule has 1 aliphatic rings. The van der Waals surface area contributed by atoms with Crippen LogP contribution in [0.25, 0.3) is 0 Å². The van der Waals surface area contributed by atoms with Gasteiger partial charge in [-0.05, 0) is 34.3 Å². The lowest BCUT2D eigenvalue weighted by Gasteiger charge is -2.19. The predicted octanol–water partition coefficient (Wildman–Crippen LogP) is 4.06. The molecule has 0 amide bonds. The van der Waals surface area contributed by atoms with Gasteiger partial charge < -0.3 is 5.11 Å². The van der Waals surface area contributed by atoms with Gasteiger partial charge in [0.2, 0.25) is 5.92 Å². The van der Waals surface area contributed by atoms with E-state index in [2.05, 4.69) is 15.9 Å². The van der Waals surface area contributed by atoms with Crippen molar-refractivity contribution >= 4 is 15.9 Å². The number of hydrogen-bond acceptors (Lipinski definition) is 1. The molecule has 0 radical (unpaired) electrons. The first-order valence-corrected chi connectivity index (χ1v) is 6.20. The summed E-state index contributed by atoms with van der Waals surface area (Å²) in [6.45, 7) is 0. The summed E-state index contributed by atoms with van der Waals surface area (Å²) in [5.74, 6) is -3.88. The lowest BCUT2D eigenvalue weighted by atomic mass is 9.94. The highest BCUT2D eigenvalue weighted by atomic mass is 79.9. The highest BCUT2D eigenvalue weighted by Crippen LogP contribution is 2.45. The molecule has 94 valence electrons. The van der Waals surface area contributed by atoms with E-state index >= 15 is 0 Å². The third-order valence-electron chi connectivity index (χ3n) is 3.19. The monoisotopic (exact) mass is 308 g/mol. The van der Waals surface area contributed by atoms with Crippen molar-refractivity contribution in [2.45, 2.75) is 31.3 Å². The summed E-state index contributed by atoms with van der Waals surface area (Å²) in [5, 5.41) is 9.96. The second-order valence-corrected chi connectivity index (χ2v) is 5.30. The molecule has 2 unspecified atom stereocenters. The SMILES string of the molecule is OC(c1cccc(Br)c1F)C1CCC(F)(F)C1. The Morgan fingerprint density at radius 1 is 1.41 bits per heavy atom. The van der Waals surface area contributed by atoms with Crippen LogP contribution in [-0.4, -0.2) is 11.0 Å². The minimum Gasteiger partial charge on any atom is -0.388 e. The van der Waals surface area contributed by atoms with E-state index in [9.17, 15) is 18.3 Å². The van der Waals surface area contributed by atoms with Gasteiger partial charge in [0.1, 0.15) is 5.82 Å². The van der Waals surface area contributed by atoms with Crippen molar-refractivity contribution in [3.8, 4) is 0 Å². The fraction of sp³-hybridized carbons (Fsp3) is 0.500. The van der Waals surface area contributed by atoms with Crippen LogP contribution in [0.3, 0.4) is 0 Å². The van der Waals surface area contributed by atoms with Crippen LogP contribution >= 0.6 is 15.9 Å². The fourth-order valence-electron chi connectivity index (χ4n) is 2.26. The summed E-state index contributed by atoms with van der Waals surface area (Å²) >= 11 is 3.01. The maximum absolute atomic E-state index is 13.7. The molecule has 1 aromatic rings. The molecular formula is C12H12BrF3O. The first-order valence-electron chi connectivity index (χ1n) is 5.40. The Bertz CT molecular complexity index is 422. The zero-order valence-electron chi connectivity index (χ0n) is 8.97. The zero-order valence-corrected chi connectivity index (χ0v) is 10.6. The lowest BCUT2D eigenvalue weighted by molar-refractivity contribution is -0.00545. The number of halogens is 4. The molecule has 1 nitrogen and oxygen atoms in total. The summed E-state index contributed by atoms with van der Waals surface area (Å²) in [6, 6.07) is 4.52. The molecule has 1 saturated carbocycles. The molecule has 1 aromatic carbocycles. The molecule has 5 heteroatoms. The molecule has 1 fully saturated rings. The predicted molar refractivity (Wildman–Crippen MR) is 61.3 cm³/mol. The van der Waals surface area contributed by atoms with Crippen molar-refractivity contribution in [3.63, 3.8) is 0 Å². The van der Waals surface area contributed by atoms with Gasteiger partial charge in [0.15, 0.2) is 0 Å². The van der Waals surface area contributed by atoms with E-state index in [0.717, 1.165) is 0 Å². The number of benzene rings is 1. The van der Waals surface area contributed by atoms with Crippen LogP contribution in [-0.2, 0) is 0 Å². The molecule has 0 aliphatic heterocycles. The number of aliphatic hydroxyl groups excluding tert-OH is 1. The summed E-state index contributed by atoms with van der Waals surface area (Å²) in [5.41, 5.74) is 0.0853. The maximum Gasteiger partial charge on any atom is 0.248 e. The molecule has 2 rings (SSSR count). The van der Waals surface area contributed by atoms with E-state index in [4.69, 9.17) is 0 Å². The van der Waals surface area contributed by atoms with E-state index in [1.54, 1.807) is 6.07 Å². The van der Waals surface area contributed by atoms with Crippen LogP contribution in [0.1, 0.15) is 30.9 Å². The highest BCUT2D eigenvalue weighted by molar-refractivity contribution is 9.10. The zero-order chi connectivity index (χ0) is 12.6. The molecule has 0 saturated heterocycles. The lowest BCUT2D eigenvalue weighted by Crippen LogP contribution is -2.15. The molecule has 0 bridgehead atoms. The number of alkyl halides is 2. The van der Waals surface area contributed by atoms with Crippen LogP contribution in [0.4, 0.5) is 13.2 Å². The minimum atomic E-state index is -2.73. The number of hydrogen-bond donors (Lipinski definition) is 1. The van der Waals surface area contributed by atoms with E-state index < -0.39 is 23.8 Å². The van der Waals surface area contributed by atoms with Gasteiger partial charge in [0.25, 0.3) is 0 Å². The van der Waals surface area contributed by atoms with E-state index in [0.29, 0.717) is 0 Å². The normalized spacial score (nSPS) is 24.9. The van der Waals surface area contributed by atoms with Crippen molar-refractivity contribution in [1.82, 2.24) is 0 Å². The van der Waals surface area contributed by atoms with Gasteiger partial charge in [0.05, 0.1) is 10.6 Å². The summed E-state index contributed by atoms with van der Waals surface area (Å²) < 4.78 is 40.0. The topological polar surface area (TPSA) is 20.2 Å². The standard InChI is InChI=1S/C12H12BrF3O/c13-9-3-1-2-8(10(9)14)11(17)7-4-5-12(15,16)6-7/h1-3,7,11,17H,4-6H2. The Morgan fingerprint density at radius 2 is 2.12 bits per heavy atom. The van der Waals surface area contributed by atoms with Crippen LogP contribution in [0, 0.1) is 11.7 Å². The Hall–Kier alpha value is -0.550. The molecule has 2 atom stereocenters. The van der Waals surface area contributed by atoms with Crippen LogP contribution in [0.2, 0.25) is 0 Å². The molecule has 1 N–H and O–H groups in total. The van der Waals surface area contributed by atoms with Crippen molar-refractivity contribution in [1.29, 1.82) is 0 Å². The van der Waals surface area contributed by atoms with Gasteiger partial charge in [0, 0.05) is 18.4 Å². The average Bonchev–Trinajstić information content (AvgIpc) is 2.62. The molecule has 0 spiro atoms. The molecule has 0 heterocycles. The van der Waals surface area contributed by atoms with Crippen molar-refractivity contribution in [3.05, 3.63) is 34.1 Å². The molecule has 17 heavy (non-hydrogen) atoms. The Kier molecular flexibility index (Phi) is 3.50. The second-order valence-electron chi connectivity index (χ2n) is 4.45. The van der Waals surface area contributed by atoms with Gasteiger partial charge >= 0.3 is 0 Å². The summed E-state index contributed by atoms with van der Waals surface area (Å²) in [6.07, 6.45) is -1.55. The van der Waals surface area contributed by atoms with Crippen LogP contribution in [0.15, 0.2) is 22.7 Å². The third-order valence-corrected chi connectivity index (χ3v) is 3.80. The second kappa shape index (κ2) is 4.61. The first kappa shape index (κ1) is 12.9. The van der Waals surface area contributed by atoms with Gasteiger partial charge in [-0.2, -0.15) is 0 Å². The largest absolute Gasteiger partial charge is 0.388 e. The Balaban J connectivity index is 2.20. The Labute approximate surface area is 106 Å². The molecular weight excluding hydrogens is 297 g/mol. The third kappa shape index (κ3) is 2.65. The van der Waals surface area contributed by atoms with Gasteiger partial charge in [-0.3, -0.25) is 0 Å². The first-order chi connectivity index (χ1) is 7.91. The van der Waals surface area contributed by atoms with Crippen molar-refractivity contribution < 1.29 is 18.3 Å². The van der Waals surface area contributed by atoms with E-state index in [1.165, 1.54) is 12.1 Å². The van der Waals surface area contributed by atoms with Gasteiger partial charge in [-0.1, -0.05) is 12.1 Å². The van der Waals surface area contributed by atoms with Crippen LogP contribution in [0.5, 0.6) is 0 Å². The molecule has 0 aromatic heterocycles. The van der Waals surface area contributed by atoms with Crippen molar-refractivity contribution in [2.24, 2.45) is 5.92 Å².